The fourth-order valence-electron chi connectivity index (χ4n) is 4.68. The third kappa shape index (κ3) is 5.25. The SMILES string of the molecule is CC(NC(=O)c1c(NC(=O)OC(C)(C)C)nn2cccnc12)c1cc(Cl)c2c(c1-c1ccccc1)NNC2C. The van der Waals surface area contributed by atoms with Crippen molar-refractivity contribution in [3.63, 3.8) is 0 Å². The average molecular weight is 548 g/mol. The molecule has 0 aliphatic carbocycles. The third-order valence-electron chi connectivity index (χ3n) is 6.31. The Bertz CT molecular complexity index is 1560. The van der Waals surface area contributed by atoms with Crippen LogP contribution in [0, 0.1) is 0 Å². The molecule has 2 aromatic heterocycles. The summed E-state index contributed by atoms with van der Waals surface area (Å²) in [4.78, 5) is 30.6. The van der Waals surface area contributed by atoms with Crippen molar-refractivity contribution in [2.24, 2.45) is 0 Å². The van der Waals surface area contributed by atoms with Gasteiger partial charge in [-0.3, -0.25) is 10.1 Å². The maximum Gasteiger partial charge on any atom is 0.413 e. The van der Waals surface area contributed by atoms with Crippen LogP contribution in [0.5, 0.6) is 0 Å². The first-order chi connectivity index (χ1) is 18.5. The van der Waals surface area contributed by atoms with Crippen LogP contribution in [0.1, 0.15) is 68.2 Å². The second-order valence-electron chi connectivity index (χ2n) is 10.4. The summed E-state index contributed by atoms with van der Waals surface area (Å²) in [6.07, 6.45) is 2.48. The number of halogens is 1. The smallest absolute Gasteiger partial charge is 0.413 e. The minimum absolute atomic E-state index is 0.0141. The number of hydrogen-bond acceptors (Lipinski definition) is 7. The van der Waals surface area contributed by atoms with Crippen molar-refractivity contribution in [1.29, 1.82) is 0 Å². The fourth-order valence-corrected chi connectivity index (χ4v) is 5.05. The van der Waals surface area contributed by atoms with E-state index in [1.54, 1.807) is 39.2 Å². The number of nitrogens with one attached hydrogen (secondary N) is 4. The molecule has 11 heteroatoms. The van der Waals surface area contributed by atoms with Gasteiger partial charge in [0.05, 0.1) is 17.8 Å². The van der Waals surface area contributed by atoms with Crippen molar-refractivity contribution in [3.05, 3.63) is 76.6 Å². The molecule has 0 fully saturated rings. The van der Waals surface area contributed by atoms with Gasteiger partial charge in [-0.05, 0) is 57.9 Å². The summed E-state index contributed by atoms with van der Waals surface area (Å²) < 4.78 is 6.81. The molecule has 10 nitrogen and oxygen atoms in total. The molecule has 0 spiro atoms. The van der Waals surface area contributed by atoms with Gasteiger partial charge < -0.3 is 15.5 Å². The maximum absolute atomic E-state index is 13.8. The van der Waals surface area contributed by atoms with E-state index < -0.39 is 23.6 Å². The van der Waals surface area contributed by atoms with Crippen LogP contribution < -0.4 is 21.5 Å². The molecule has 5 rings (SSSR count). The molecule has 2 atom stereocenters. The Balaban J connectivity index is 1.53. The largest absolute Gasteiger partial charge is 0.444 e. The highest BCUT2D eigenvalue weighted by Gasteiger charge is 2.30. The van der Waals surface area contributed by atoms with Crippen LogP contribution in [0.3, 0.4) is 0 Å². The molecule has 202 valence electrons. The van der Waals surface area contributed by atoms with Crippen LogP contribution in [0.4, 0.5) is 16.3 Å². The van der Waals surface area contributed by atoms with Crippen LogP contribution in [0.2, 0.25) is 5.02 Å². The van der Waals surface area contributed by atoms with Gasteiger partial charge in [-0.15, -0.1) is 5.10 Å². The Morgan fingerprint density at radius 3 is 2.64 bits per heavy atom. The molecule has 0 saturated carbocycles. The lowest BCUT2D eigenvalue weighted by Crippen LogP contribution is -2.30. The Hall–Kier alpha value is -4.15. The quantitative estimate of drug-likeness (QED) is 0.246. The predicted molar refractivity (Wildman–Crippen MR) is 151 cm³/mol. The van der Waals surface area contributed by atoms with E-state index in [-0.39, 0.29) is 17.4 Å². The Kier molecular flexibility index (Phi) is 6.92. The number of amides is 2. The number of nitrogens with zero attached hydrogens (tertiary/aromatic N) is 3. The average Bonchev–Trinajstić information content (AvgIpc) is 3.43. The zero-order chi connectivity index (χ0) is 27.9. The number of anilines is 2. The topological polar surface area (TPSA) is 122 Å². The molecule has 4 aromatic rings. The molecular weight excluding hydrogens is 518 g/mol. The van der Waals surface area contributed by atoms with Crippen molar-refractivity contribution in [2.75, 3.05) is 10.7 Å². The van der Waals surface area contributed by atoms with Gasteiger partial charge in [0.1, 0.15) is 11.2 Å². The van der Waals surface area contributed by atoms with Crippen molar-refractivity contribution < 1.29 is 14.3 Å². The van der Waals surface area contributed by atoms with E-state index in [4.69, 9.17) is 16.3 Å². The highest BCUT2D eigenvalue weighted by Crippen LogP contribution is 2.45. The minimum Gasteiger partial charge on any atom is -0.444 e. The number of benzene rings is 2. The molecule has 1 aliphatic rings. The maximum atomic E-state index is 13.8. The van der Waals surface area contributed by atoms with Crippen LogP contribution >= 0.6 is 11.6 Å². The molecule has 1 aliphatic heterocycles. The highest BCUT2D eigenvalue weighted by atomic mass is 35.5. The number of aromatic nitrogens is 3. The fraction of sp³-hybridized carbons (Fsp3) is 0.286. The molecule has 2 unspecified atom stereocenters. The highest BCUT2D eigenvalue weighted by molar-refractivity contribution is 6.32. The van der Waals surface area contributed by atoms with Gasteiger partial charge in [0, 0.05) is 28.5 Å². The first-order valence-corrected chi connectivity index (χ1v) is 13.0. The summed E-state index contributed by atoms with van der Waals surface area (Å²) in [5.74, 6) is -0.417. The zero-order valence-electron chi connectivity index (χ0n) is 22.3. The first-order valence-electron chi connectivity index (χ1n) is 12.6. The van der Waals surface area contributed by atoms with E-state index in [2.05, 4.69) is 31.6 Å². The first kappa shape index (κ1) is 26.5. The summed E-state index contributed by atoms with van der Waals surface area (Å²) in [5, 5.41) is 10.6. The van der Waals surface area contributed by atoms with E-state index in [0.717, 1.165) is 27.9 Å². The number of rotatable bonds is 5. The van der Waals surface area contributed by atoms with Crippen LogP contribution in [0.25, 0.3) is 16.8 Å². The lowest BCUT2D eigenvalue weighted by atomic mass is 9.90. The molecule has 3 heterocycles. The molecule has 0 saturated heterocycles. The second-order valence-corrected chi connectivity index (χ2v) is 10.8. The number of hydrogen-bond donors (Lipinski definition) is 4. The van der Waals surface area contributed by atoms with E-state index in [9.17, 15) is 9.59 Å². The van der Waals surface area contributed by atoms with Gasteiger partial charge >= 0.3 is 6.09 Å². The Morgan fingerprint density at radius 2 is 1.92 bits per heavy atom. The standard InChI is InChI=1S/C28H30ClN7O3/c1-15(18-14-19(29)20-16(2)33-34-23(20)21(18)17-10-7-6-8-11-17)31-26(37)22-24(32-27(38)39-28(3,4)5)35-36-13-9-12-30-25(22)36/h6-16,33-34H,1-5H3,(H,31,37)(H,32,35,38). The van der Waals surface area contributed by atoms with Crippen molar-refractivity contribution in [2.45, 2.75) is 52.3 Å². The van der Waals surface area contributed by atoms with E-state index in [1.807, 2.05) is 50.2 Å². The Morgan fingerprint density at radius 1 is 1.18 bits per heavy atom. The molecule has 39 heavy (non-hydrogen) atoms. The molecular formula is C28H30ClN7O3. The van der Waals surface area contributed by atoms with E-state index >= 15 is 0 Å². The Labute approximate surface area is 231 Å². The monoisotopic (exact) mass is 547 g/mol. The van der Waals surface area contributed by atoms with E-state index in [0.29, 0.717) is 10.7 Å². The van der Waals surface area contributed by atoms with Crippen LogP contribution in [-0.4, -0.2) is 32.2 Å². The molecule has 2 amide bonds. The summed E-state index contributed by atoms with van der Waals surface area (Å²) in [7, 11) is 0. The summed E-state index contributed by atoms with van der Waals surface area (Å²) in [6.45, 7) is 9.18. The van der Waals surface area contributed by atoms with Crippen molar-refractivity contribution in [3.8, 4) is 11.1 Å². The zero-order valence-corrected chi connectivity index (χ0v) is 23.1. The summed E-state index contributed by atoms with van der Waals surface area (Å²) in [6, 6.07) is 13.0. The number of carbonyl (C=O) groups is 2. The van der Waals surface area contributed by atoms with Gasteiger partial charge in [0.25, 0.3) is 5.91 Å². The summed E-state index contributed by atoms with van der Waals surface area (Å²) >= 11 is 6.75. The molecule has 2 aromatic carbocycles. The van der Waals surface area contributed by atoms with Gasteiger partial charge in [-0.1, -0.05) is 41.9 Å². The summed E-state index contributed by atoms with van der Waals surface area (Å²) in [5.41, 5.74) is 10.8. The lowest BCUT2D eigenvalue weighted by molar-refractivity contribution is 0.0635. The van der Waals surface area contributed by atoms with Crippen molar-refractivity contribution in [1.82, 2.24) is 25.3 Å². The third-order valence-corrected chi connectivity index (χ3v) is 6.63. The predicted octanol–water partition coefficient (Wildman–Crippen LogP) is 5.88. The van der Waals surface area contributed by atoms with Gasteiger partial charge in [-0.25, -0.2) is 19.7 Å². The van der Waals surface area contributed by atoms with Crippen LogP contribution in [-0.2, 0) is 4.74 Å². The van der Waals surface area contributed by atoms with Gasteiger partial charge in [-0.2, -0.15) is 0 Å². The number of fused-ring (bicyclic) bond motifs is 2. The normalized spacial score (nSPS) is 15.4. The molecule has 0 radical (unpaired) electrons. The van der Waals surface area contributed by atoms with Gasteiger partial charge in [0.2, 0.25) is 0 Å². The molecule has 0 bridgehead atoms. The van der Waals surface area contributed by atoms with Crippen molar-refractivity contribution >= 4 is 40.8 Å². The number of carbonyl (C=O) groups excluding carboxylic acids is 2. The van der Waals surface area contributed by atoms with Gasteiger partial charge in [0.15, 0.2) is 11.5 Å². The number of ether oxygens (including phenoxy) is 1. The van der Waals surface area contributed by atoms with Crippen LogP contribution in [0.15, 0.2) is 54.9 Å². The molecule has 4 N–H and O–H groups in total. The lowest BCUT2D eigenvalue weighted by Gasteiger charge is -2.22. The minimum atomic E-state index is -0.725. The second kappa shape index (κ2) is 10.2. The number of hydrazine groups is 1. The van der Waals surface area contributed by atoms with E-state index in [1.165, 1.54) is 4.52 Å².